The molecule has 3 rings (SSSR count). The van der Waals surface area contributed by atoms with Gasteiger partial charge in [0.25, 0.3) is 0 Å². The average Bonchev–Trinajstić information content (AvgIpc) is 2.72. The molecule has 2 aliphatic heterocycles. The Labute approximate surface area is 190 Å². The zero-order valence-electron chi connectivity index (χ0n) is 20.8. The first kappa shape index (κ1) is 24.5. The number of piperazine rings is 1. The Morgan fingerprint density at radius 1 is 1.06 bits per heavy atom. The molecule has 2 heterocycles. The summed E-state index contributed by atoms with van der Waals surface area (Å²) in [6.45, 7) is 11.8. The van der Waals surface area contributed by atoms with Crippen LogP contribution in [0.2, 0.25) is 0 Å². The first-order valence-corrected chi connectivity index (χ1v) is 12.7. The van der Waals surface area contributed by atoms with Gasteiger partial charge in [-0.2, -0.15) is 0 Å². The maximum atomic E-state index is 13.8. The van der Waals surface area contributed by atoms with E-state index in [0.717, 1.165) is 44.8 Å². The number of hydrogen-bond donors (Lipinski definition) is 1. The molecule has 31 heavy (non-hydrogen) atoms. The van der Waals surface area contributed by atoms with Crippen molar-refractivity contribution in [2.24, 2.45) is 23.7 Å². The van der Waals surface area contributed by atoms with Crippen LogP contribution >= 0.6 is 0 Å². The van der Waals surface area contributed by atoms with E-state index >= 15 is 0 Å². The lowest BCUT2D eigenvalue weighted by Gasteiger charge is -2.47. The van der Waals surface area contributed by atoms with E-state index in [2.05, 4.69) is 56.9 Å². The summed E-state index contributed by atoms with van der Waals surface area (Å²) in [5.41, 5.74) is 0. The van der Waals surface area contributed by atoms with E-state index in [0.29, 0.717) is 30.3 Å². The van der Waals surface area contributed by atoms with Crippen molar-refractivity contribution in [3.8, 4) is 0 Å². The van der Waals surface area contributed by atoms with E-state index in [4.69, 9.17) is 0 Å². The summed E-state index contributed by atoms with van der Waals surface area (Å²) in [6.07, 6.45) is 6.42. The van der Waals surface area contributed by atoms with E-state index in [-0.39, 0.29) is 23.9 Å². The van der Waals surface area contributed by atoms with Crippen molar-refractivity contribution in [3.63, 3.8) is 0 Å². The van der Waals surface area contributed by atoms with Crippen LogP contribution < -0.4 is 5.32 Å². The number of nitrogens with one attached hydrogen (secondary N) is 1. The summed E-state index contributed by atoms with van der Waals surface area (Å²) in [5, 5.41) is 3.39. The minimum atomic E-state index is -0.307. The molecule has 1 saturated carbocycles. The molecule has 5 atom stereocenters. The van der Waals surface area contributed by atoms with E-state index in [1.165, 1.54) is 19.3 Å². The molecule has 3 fully saturated rings. The number of amides is 2. The molecule has 0 aromatic heterocycles. The van der Waals surface area contributed by atoms with Crippen LogP contribution in [0.15, 0.2) is 0 Å². The van der Waals surface area contributed by atoms with Crippen molar-refractivity contribution < 1.29 is 9.59 Å². The number of likely N-dealkylation sites (tertiary alicyclic amines) is 1. The fraction of sp³-hybridized carbons (Fsp3) is 0.920. The van der Waals surface area contributed by atoms with Crippen molar-refractivity contribution in [2.75, 3.05) is 40.3 Å². The highest BCUT2D eigenvalue weighted by Crippen LogP contribution is 2.38. The number of rotatable bonds is 7. The second-order valence-corrected chi connectivity index (χ2v) is 11.3. The number of carbonyl (C=O) groups excluding carboxylic acids is 2. The number of nitrogens with zero attached hydrogens (tertiary/aromatic N) is 3. The maximum absolute atomic E-state index is 13.8. The summed E-state index contributed by atoms with van der Waals surface area (Å²) in [4.78, 5) is 33.4. The molecule has 0 aromatic rings. The molecule has 1 N–H and O–H groups in total. The van der Waals surface area contributed by atoms with Crippen molar-refractivity contribution in [1.82, 2.24) is 20.0 Å². The van der Waals surface area contributed by atoms with Crippen LogP contribution in [0, 0.1) is 23.7 Å². The summed E-state index contributed by atoms with van der Waals surface area (Å²) in [7, 11) is 4.38. The Hall–Kier alpha value is -1.14. The van der Waals surface area contributed by atoms with Gasteiger partial charge in [-0.15, -0.1) is 0 Å². The fourth-order valence-electron chi connectivity index (χ4n) is 6.00. The Morgan fingerprint density at radius 3 is 2.45 bits per heavy atom. The third kappa shape index (κ3) is 6.01. The van der Waals surface area contributed by atoms with E-state index < -0.39 is 0 Å². The predicted octanol–water partition coefficient (Wildman–Crippen LogP) is 2.83. The van der Waals surface area contributed by atoms with Crippen LogP contribution in [-0.4, -0.2) is 84.9 Å². The molecule has 0 spiro atoms. The van der Waals surface area contributed by atoms with Gasteiger partial charge in [0.2, 0.25) is 11.8 Å². The summed E-state index contributed by atoms with van der Waals surface area (Å²) < 4.78 is 0. The number of hydrogen-bond acceptors (Lipinski definition) is 4. The van der Waals surface area contributed by atoms with Gasteiger partial charge in [0.15, 0.2) is 0 Å². The minimum absolute atomic E-state index is 0.125. The van der Waals surface area contributed by atoms with E-state index in [9.17, 15) is 9.59 Å². The van der Waals surface area contributed by atoms with Gasteiger partial charge in [-0.25, -0.2) is 0 Å². The van der Waals surface area contributed by atoms with Crippen LogP contribution in [-0.2, 0) is 9.59 Å². The molecule has 178 valence electrons. The number of piperidine rings is 1. The number of fused-ring (bicyclic) bond motifs is 1. The summed E-state index contributed by atoms with van der Waals surface area (Å²) >= 11 is 0. The standard InChI is InChI=1S/C25H46N4O2/c1-17(2)13-22-24(30)29(12-10-26-22)23(14-18(3)4)25(31)28-11-9-19-15-21(27(5)6)8-7-20(19)16-28/h17-23,26H,7-16H2,1-6H3/t19-,20-,21?,22-,23?/m0/s1. The van der Waals surface area contributed by atoms with Gasteiger partial charge in [0, 0.05) is 32.2 Å². The SMILES string of the molecule is CC(C)CC(C(=O)N1CC[C@H]2CC(N(C)C)CC[C@H]2C1)N1CCN[C@@H](CC(C)C)C1=O. The average molecular weight is 435 g/mol. The van der Waals surface area contributed by atoms with Crippen LogP contribution in [0.1, 0.15) is 66.2 Å². The Morgan fingerprint density at radius 2 is 1.81 bits per heavy atom. The lowest BCUT2D eigenvalue weighted by atomic mass is 9.72. The molecular formula is C25H46N4O2. The number of carbonyl (C=O) groups is 2. The molecule has 0 aromatic carbocycles. The van der Waals surface area contributed by atoms with Crippen LogP contribution in [0.4, 0.5) is 0 Å². The van der Waals surface area contributed by atoms with E-state index in [1.54, 1.807) is 0 Å². The van der Waals surface area contributed by atoms with Crippen molar-refractivity contribution in [3.05, 3.63) is 0 Å². The first-order valence-electron chi connectivity index (χ1n) is 12.7. The van der Waals surface area contributed by atoms with E-state index in [1.807, 2.05) is 4.90 Å². The monoisotopic (exact) mass is 434 g/mol. The topological polar surface area (TPSA) is 55.9 Å². The van der Waals surface area contributed by atoms with Gasteiger partial charge in [-0.3, -0.25) is 9.59 Å². The van der Waals surface area contributed by atoms with Gasteiger partial charge in [-0.05, 0) is 76.3 Å². The quantitative estimate of drug-likeness (QED) is 0.669. The van der Waals surface area contributed by atoms with Crippen molar-refractivity contribution in [2.45, 2.75) is 84.3 Å². The second kappa shape index (κ2) is 10.7. The highest BCUT2D eigenvalue weighted by Gasteiger charge is 2.42. The minimum Gasteiger partial charge on any atom is -0.341 e. The lowest BCUT2D eigenvalue weighted by molar-refractivity contribution is -0.151. The maximum Gasteiger partial charge on any atom is 0.245 e. The molecule has 6 heteroatoms. The molecule has 0 radical (unpaired) electrons. The fourth-order valence-corrected chi connectivity index (χ4v) is 6.00. The zero-order chi connectivity index (χ0) is 22.7. The van der Waals surface area contributed by atoms with Crippen LogP contribution in [0.25, 0.3) is 0 Å². The van der Waals surface area contributed by atoms with Gasteiger partial charge in [0.05, 0.1) is 6.04 Å². The van der Waals surface area contributed by atoms with Crippen molar-refractivity contribution in [1.29, 1.82) is 0 Å². The third-order valence-electron chi connectivity index (χ3n) is 7.77. The molecule has 2 amide bonds. The molecule has 0 bridgehead atoms. The van der Waals surface area contributed by atoms with Gasteiger partial charge >= 0.3 is 0 Å². The van der Waals surface area contributed by atoms with Gasteiger partial charge in [-0.1, -0.05) is 27.7 Å². The highest BCUT2D eigenvalue weighted by molar-refractivity contribution is 5.90. The zero-order valence-corrected chi connectivity index (χ0v) is 20.8. The van der Waals surface area contributed by atoms with Crippen LogP contribution in [0.5, 0.6) is 0 Å². The van der Waals surface area contributed by atoms with Crippen LogP contribution in [0.3, 0.4) is 0 Å². The first-order chi connectivity index (χ1) is 14.7. The third-order valence-corrected chi connectivity index (χ3v) is 7.77. The smallest absolute Gasteiger partial charge is 0.245 e. The second-order valence-electron chi connectivity index (χ2n) is 11.3. The summed E-state index contributed by atoms with van der Waals surface area (Å²) in [6, 6.07) is 0.232. The molecule has 2 saturated heterocycles. The van der Waals surface area contributed by atoms with Gasteiger partial charge < -0.3 is 20.0 Å². The molecule has 6 nitrogen and oxygen atoms in total. The summed E-state index contributed by atoms with van der Waals surface area (Å²) in [5.74, 6) is 2.52. The molecule has 2 unspecified atom stereocenters. The Balaban J connectivity index is 1.68. The van der Waals surface area contributed by atoms with Crippen molar-refractivity contribution >= 4 is 11.8 Å². The highest BCUT2D eigenvalue weighted by atomic mass is 16.2. The Bertz CT molecular complexity index is 621. The normalized spacial score (nSPS) is 30.8. The lowest BCUT2D eigenvalue weighted by Crippen LogP contribution is -2.62. The Kier molecular flexibility index (Phi) is 8.42. The molecule has 1 aliphatic carbocycles. The largest absolute Gasteiger partial charge is 0.341 e. The van der Waals surface area contributed by atoms with Gasteiger partial charge in [0.1, 0.15) is 6.04 Å². The molecular weight excluding hydrogens is 388 g/mol. The molecule has 3 aliphatic rings. The predicted molar refractivity (Wildman–Crippen MR) is 126 cm³/mol.